The van der Waals surface area contributed by atoms with E-state index in [1.165, 1.54) is 0 Å². The van der Waals surface area contributed by atoms with E-state index >= 15 is 0 Å². The van der Waals surface area contributed by atoms with Crippen LogP contribution in [0.4, 0.5) is 0 Å². The molecule has 126 valence electrons. The molecule has 23 heavy (non-hydrogen) atoms. The molecule has 1 aromatic rings. The zero-order valence-corrected chi connectivity index (χ0v) is 14.5. The summed E-state index contributed by atoms with van der Waals surface area (Å²) in [6, 6.07) is 7.74. The maximum Gasteiger partial charge on any atom is 0.253 e. The van der Waals surface area contributed by atoms with Crippen molar-refractivity contribution >= 4 is 11.8 Å². The smallest absolute Gasteiger partial charge is 0.253 e. The lowest BCUT2D eigenvalue weighted by Gasteiger charge is -2.24. The van der Waals surface area contributed by atoms with Gasteiger partial charge in [0.1, 0.15) is 0 Å². The lowest BCUT2D eigenvalue weighted by atomic mass is 9.95. The summed E-state index contributed by atoms with van der Waals surface area (Å²) < 4.78 is 0. The molecule has 1 aliphatic heterocycles. The van der Waals surface area contributed by atoms with Crippen molar-refractivity contribution in [2.45, 2.75) is 39.8 Å². The van der Waals surface area contributed by atoms with Crippen molar-refractivity contribution < 1.29 is 9.59 Å². The maximum absolute atomic E-state index is 12.5. The van der Waals surface area contributed by atoms with Gasteiger partial charge in [0.15, 0.2) is 0 Å². The quantitative estimate of drug-likeness (QED) is 0.890. The minimum Gasteiger partial charge on any atom is -0.352 e. The first-order valence-electron chi connectivity index (χ1n) is 8.14. The highest BCUT2D eigenvalue weighted by molar-refractivity contribution is 5.94. The van der Waals surface area contributed by atoms with Gasteiger partial charge in [0.25, 0.3) is 5.91 Å². The van der Waals surface area contributed by atoms with E-state index in [1.54, 1.807) is 0 Å². The summed E-state index contributed by atoms with van der Waals surface area (Å²) in [5.41, 5.74) is 1.28. The fourth-order valence-electron chi connectivity index (χ4n) is 2.55. The van der Waals surface area contributed by atoms with Crippen molar-refractivity contribution in [3.05, 3.63) is 35.4 Å². The van der Waals surface area contributed by atoms with E-state index in [4.69, 9.17) is 0 Å². The Morgan fingerprint density at radius 1 is 1.26 bits per heavy atom. The second-order valence-corrected chi connectivity index (χ2v) is 7.19. The van der Waals surface area contributed by atoms with Crippen LogP contribution in [-0.4, -0.2) is 42.9 Å². The number of likely N-dealkylation sites (N-methyl/N-ethyl adjacent to an activating group) is 1. The van der Waals surface area contributed by atoms with Gasteiger partial charge in [-0.05, 0) is 30.7 Å². The molecule has 0 saturated carbocycles. The summed E-state index contributed by atoms with van der Waals surface area (Å²) in [6.07, 6.45) is 0.999. The van der Waals surface area contributed by atoms with Crippen LogP contribution in [0.15, 0.2) is 24.3 Å². The van der Waals surface area contributed by atoms with Crippen LogP contribution in [0.3, 0.4) is 0 Å². The Kier molecular flexibility index (Phi) is 5.42. The average Bonchev–Trinajstić information content (AvgIpc) is 3.05. The number of hydrogen-bond donors (Lipinski definition) is 2. The third-order valence-corrected chi connectivity index (χ3v) is 4.24. The van der Waals surface area contributed by atoms with E-state index in [0.29, 0.717) is 12.1 Å². The summed E-state index contributed by atoms with van der Waals surface area (Å²) in [4.78, 5) is 26.2. The molecule has 1 unspecified atom stereocenters. The monoisotopic (exact) mass is 317 g/mol. The van der Waals surface area contributed by atoms with E-state index in [9.17, 15) is 9.59 Å². The predicted molar refractivity (Wildman–Crippen MR) is 91.1 cm³/mol. The highest BCUT2D eigenvalue weighted by Gasteiger charge is 2.24. The molecule has 5 nitrogen and oxygen atoms in total. The van der Waals surface area contributed by atoms with Crippen molar-refractivity contribution in [3.63, 3.8) is 0 Å². The molecule has 1 saturated heterocycles. The lowest BCUT2D eigenvalue weighted by molar-refractivity contribution is -0.128. The van der Waals surface area contributed by atoms with Crippen molar-refractivity contribution in [2.24, 2.45) is 5.41 Å². The van der Waals surface area contributed by atoms with Gasteiger partial charge < -0.3 is 15.5 Å². The molecule has 2 N–H and O–H groups in total. The number of amides is 2. The van der Waals surface area contributed by atoms with Gasteiger partial charge in [-0.25, -0.2) is 0 Å². The Labute approximate surface area is 138 Å². The van der Waals surface area contributed by atoms with Gasteiger partial charge in [0.05, 0.1) is 0 Å². The molecule has 0 radical (unpaired) electrons. The molecule has 1 aromatic carbocycles. The Bertz CT molecular complexity index is 555. The van der Waals surface area contributed by atoms with Gasteiger partial charge in [0.2, 0.25) is 5.91 Å². The summed E-state index contributed by atoms with van der Waals surface area (Å²) in [7, 11) is 1.86. The number of carbonyl (C=O) groups excluding carboxylic acids is 2. The fourth-order valence-corrected chi connectivity index (χ4v) is 2.55. The molecule has 0 aliphatic carbocycles. The first-order chi connectivity index (χ1) is 10.8. The Hall–Kier alpha value is -1.88. The van der Waals surface area contributed by atoms with Gasteiger partial charge in [-0.15, -0.1) is 0 Å². The van der Waals surface area contributed by atoms with Crippen LogP contribution >= 0.6 is 0 Å². The highest BCUT2D eigenvalue weighted by atomic mass is 16.2. The van der Waals surface area contributed by atoms with Gasteiger partial charge in [-0.2, -0.15) is 0 Å². The largest absolute Gasteiger partial charge is 0.352 e. The van der Waals surface area contributed by atoms with E-state index in [2.05, 4.69) is 10.6 Å². The number of benzene rings is 1. The Morgan fingerprint density at radius 3 is 2.43 bits per heavy atom. The number of carbonyl (C=O) groups is 2. The number of nitrogens with one attached hydrogen (secondary N) is 2. The first-order valence-corrected chi connectivity index (χ1v) is 8.14. The SMILES string of the molecule is CN(C(=O)c1ccc(CNC(=O)C(C)(C)C)cc1)C1CCNC1. The Morgan fingerprint density at radius 2 is 1.91 bits per heavy atom. The molecule has 5 heteroatoms. The third kappa shape index (κ3) is 4.55. The number of rotatable bonds is 4. The zero-order chi connectivity index (χ0) is 17.0. The summed E-state index contributed by atoms with van der Waals surface area (Å²) in [5.74, 6) is 0.0649. The van der Waals surface area contributed by atoms with Crippen LogP contribution in [0.25, 0.3) is 0 Å². The molecule has 0 spiro atoms. The molecule has 1 atom stereocenters. The van der Waals surface area contributed by atoms with Gasteiger partial charge in [-0.1, -0.05) is 32.9 Å². The van der Waals surface area contributed by atoms with Crippen molar-refractivity contribution in [3.8, 4) is 0 Å². The van der Waals surface area contributed by atoms with Gasteiger partial charge in [0, 0.05) is 37.2 Å². The summed E-state index contributed by atoms with van der Waals surface area (Å²) in [5, 5.41) is 6.19. The van der Waals surface area contributed by atoms with Crippen LogP contribution < -0.4 is 10.6 Å². The van der Waals surface area contributed by atoms with Crippen molar-refractivity contribution in [1.29, 1.82) is 0 Å². The molecular weight excluding hydrogens is 290 g/mol. The minimum absolute atomic E-state index is 0.0196. The van der Waals surface area contributed by atoms with Gasteiger partial charge >= 0.3 is 0 Å². The molecule has 1 aliphatic rings. The van der Waals surface area contributed by atoms with Crippen LogP contribution in [0.1, 0.15) is 43.1 Å². The number of hydrogen-bond acceptors (Lipinski definition) is 3. The minimum atomic E-state index is -0.395. The summed E-state index contributed by atoms with van der Waals surface area (Å²) >= 11 is 0. The van der Waals surface area contributed by atoms with Crippen LogP contribution in [-0.2, 0) is 11.3 Å². The normalized spacial score (nSPS) is 17.8. The lowest BCUT2D eigenvalue weighted by Crippen LogP contribution is -2.38. The van der Waals surface area contributed by atoms with E-state index in [-0.39, 0.29) is 17.9 Å². The average molecular weight is 317 g/mol. The molecular formula is C18H27N3O2. The zero-order valence-electron chi connectivity index (χ0n) is 14.5. The maximum atomic E-state index is 12.5. The molecule has 0 bridgehead atoms. The van der Waals surface area contributed by atoms with Gasteiger partial charge in [-0.3, -0.25) is 9.59 Å². The van der Waals surface area contributed by atoms with Crippen LogP contribution in [0, 0.1) is 5.41 Å². The first kappa shape index (κ1) is 17.5. The molecule has 2 amide bonds. The van der Waals surface area contributed by atoms with Crippen molar-refractivity contribution in [1.82, 2.24) is 15.5 Å². The second-order valence-electron chi connectivity index (χ2n) is 7.19. The number of nitrogens with zero attached hydrogens (tertiary/aromatic N) is 1. The molecule has 2 rings (SSSR count). The van der Waals surface area contributed by atoms with E-state index in [1.807, 2.05) is 57.0 Å². The van der Waals surface area contributed by atoms with Crippen LogP contribution in [0.2, 0.25) is 0 Å². The van der Waals surface area contributed by atoms with E-state index in [0.717, 1.165) is 25.1 Å². The molecule has 1 fully saturated rings. The molecule has 0 aromatic heterocycles. The van der Waals surface area contributed by atoms with E-state index < -0.39 is 5.41 Å². The standard InChI is InChI=1S/C18H27N3O2/c1-18(2,3)17(23)20-11-13-5-7-14(8-6-13)16(22)21(4)15-9-10-19-12-15/h5-8,15,19H,9-12H2,1-4H3,(H,20,23). The van der Waals surface area contributed by atoms with Crippen LogP contribution in [0.5, 0.6) is 0 Å². The topological polar surface area (TPSA) is 61.4 Å². The van der Waals surface area contributed by atoms with Crippen molar-refractivity contribution in [2.75, 3.05) is 20.1 Å². The highest BCUT2D eigenvalue weighted by Crippen LogP contribution is 2.14. The Balaban J connectivity index is 1.93. The summed E-state index contributed by atoms with van der Waals surface area (Å²) in [6.45, 7) is 7.97. The fraction of sp³-hybridized carbons (Fsp3) is 0.556. The second kappa shape index (κ2) is 7.13. The molecule has 1 heterocycles. The third-order valence-electron chi connectivity index (χ3n) is 4.24. The predicted octanol–water partition coefficient (Wildman–Crippen LogP) is 1.78.